The largest absolute Gasteiger partial charge is 0.317 e. The SMILES string of the molecule is O=C(N/N=C\C(=O)c1ccccc1)/C(=C/c1ccc([N+](=O)[O-])cc1)NC(=O)c1ccccc1. The minimum atomic E-state index is -0.783. The molecule has 0 saturated heterocycles. The van der Waals surface area contributed by atoms with Crippen LogP contribution in [0, 0.1) is 10.1 Å². The second-order valence-electron chi connectivity index (χ2n) is 6.66. The van der Waals surface area contributed by atoms with Crippen LogP contribution in [0.3, 0.4) is 0 Å². The van der Waals surface area contributed by atoms with Gasteiger partial charge in [-0.25, -0.2) is 5.43 Å². The van der Waals surface area contributed by atoms with Crippen LogP contribution in [0.15, 0.2) is 95.7 Å². The van der Waals surface area contributed by atoms with E-state index in [0.717, 1.165) is 6.21 Å². The number of hydrazone groups is 1. The van der Waals surface area contributed by atoms with E-state index in [4.69, 9.17) is 0 Å². The van der Waals surface area contributed by atoms with Crippen molar-refractivity contribution in [2.24, 2.45) is 5.10 Å². The fourth-order valence-corrected chi connectivity index (χ4v) is 2.69. The Labute approximate surface area is 188 Å². The predicted octanol–water partition coefficient (Wildman–Crippen LogP) is 3.35. The molecule has 0 unspecified atom stereocenters. The van der Waals surface area contributed by atoms with Gasteiger partial charge in [-0.15, -0.1) is 0 Å². The monoisotopic (exact) mass is 442 g/mol. The second-order valence-corrected chi connectivity index (χ2v) is 6.66. The van der Waals surface area contributed by atoms with Crippen LogP contribution in [0.2, 0.25) is 0 Å². The molecule has 9 heteroatoms. The van der Waals surface area contributed by atoms with Crippen LogP contribution in [0.25, 0.3) is 6.08 Å². The highest BCUT2D eigenvalue weighted by Crippen LogP contribution is 2.14. The molecule has 0 spiro atoms. The number of Topliss-reactive ketones (excluding diaryl/α,β-unsaturated/α-hetero) is 1. The minimum absolute atomic E-state index is 0.115. The lowest BCUT2D eigenvalue weighted by molar-refractivity contribution is -0.384. The van der Waals surface area contributed by atoms with Gasteiger partial charge in [0.2, 0.25) is 5.78 Å². The first kappa shape index (κ1) is 22.8. The Morgan fingerprint density at radius 3 is 1.97 bits per heavy atom. The fourth-order valence-electron chi connectivity index (χ4n) is 2.69. The number of amides is 2. The zero-order valence-electron chi connectivity index (χ0n) is 17.2. The first-order chi connectivity index (χ1) is 15.9. The molecule has 2 amide bonds. The summed E-state index contributed by atoms with van der Waals surface area (Å²) in [4.78, 5) is 47.6. The van der Waals surface area contributed by atoms with Crippen molar-refractivity contribution in [2.75, 3.05) is 0 Å². The van der Waals surface area contributed by atoms with Gasteiger partial charge in [0, 0.05) is 23.3 Å². The Morgan fingerprint density at radius 2 is 1.39 bits per heavy atom. The van der Waals surface area contributed by atoms with Gasteiger partial charge < -0.3 is 5.32 Å². The number of nitrogens with zero attached hydrogens (tertiary/aromatic N) is 2. The average molecular weight is 442 g/mol. The fraction of sp³-hybridized carbons (Fsp3) is 0. The summed E-state index contributed by atoms with van der Waals surface area (Å²) in [6, 6.07) is 22.0. The van der Waals surface area contributed by atoms with E-state index in [0.29, 0.717) is 16.7 Å². The third kappa shape index (κ3) is 6.53. The van der Waals surface area contributed by atoms with E-state index in [9.17, 15) is 24.5 Å². The molecule has 0 saturated carbocycles. The number of benzene rings is 3. The van der Waals surface area contributed by atoms with Crippen LogP contribution in [-0.2, 0) is 4.79 Å². The van der Waals surface area contributed by atoms with E-state index in [1.807, 2.05) is 0 Å². The van der Waals surface area contributed by atoms with Gasteiger partial charge in [-0.2, -0.15) is 5.10 Å². The van der Waals surface area contributed by atoms with Crippen molar-refractivity contribution in [2.45, 2.75) is 0 Å². The van der Waals surface area contributed by atoms with Gasteiger partial charge in [0.1, 0.15) is 5.70 Å². The van der Waals surface area contributed by atoms with E-state index in [-0.39, 0.29) is 11.4 Å². The Kier molecular flexibility index (Phi) is 7.53. The van der Waals surface area contributed by atoms with Gasteiger partial charge in [0.15, 0.2) is 0 Å². The maximum absolute atomic E-state index is 12.7. The summed E-state index contributed by atoms with van der Waals surface area (Å²) in [5.74, 6) is -1.73. The molecule has 2 N–H and O–H groups in total. The highest BCUT2D eigenvalue weighted by Gasteiger charge is 2.15. The summed E-state index contributed by atoms with van der Waals surface area (Å²) in [5.41, 5.74) is 3.08. The third-order valence-electron chi connectivity index (χ3n) is 4.35. The Hall–Kier alpha value is -4.92. The first-order valence-corrected chi connectivity index (χ1v) is 9.69. The van der Waals surface area contributed by atoms with Crippen molar-refractivity contribution in [1.29, 1.82) is 0 Å². The van der Waals surface area contributed by atoms with E-state index in [1.165, 1.54) is 30.3 Å². The van der Waals surface area contributed by atoms with Crippen molar-refractivity contribution < 1.29 is 19.3 Å². The number of nitro benzene ring substituents is 1. The molecule has 0 aliphatic heterocycles. The highest BCUT2D eigenvalue weighted by molar-refractivity contribution is 6.35. The molecular formula is C24H18N4O5. The number of nitrogens with one attached hydrogen (secondary N) is 2. The second kappa shape index (κ2) is 10.9. The number of rotatable bonds is 8. The van der Waals surface area contributed by atoms with Crippen LogP contribution in [0.5, 0.6) is 0 Å². The molecule has 0 fully saturated rings. The normalized spacial score (nSPS) is 11.1. The Morgan fingerprint density at radius 1 is 0.818 bits per heavy atom. The molecular weight excluding hydrogens is 424 g/mol. The lowest BCUT2D eigenvalue weighted by Gasteiger charge is -2.09. The number of hydrogen-bond acceptors (Lipinski definition) is 6. The molecule has 0 heterocycles. The number of ketones is 1. The lowest BCUT2D eigenvalue weighted by atomic mass is 10.1. The molecule has 0 aliphatic rings. The molecule has 33 heavy (non-hydrogen) atoms. The van der Waals surface area contributed by atoms with Crippen LogP contribution >= 0.6 is 0 Å². The Bertz CT molecular complexity index is 1220. The number of non-ortho nitro benzene ring substituents is 1. The van der Waals surface area contributed by atoms with Gasteiger partial charge in [0.25, 0.3) is 17.5 Å². The maximum Gasteiger partial charge on any atom is 0.287 e. The van der Waals surface area contributed by atoms with Gasteiger partial charge in [-0.05, 0) is 35.9 Å². The van der Waals surface area contributed by atoms with Crippen molar-refractivity contribution in [3.63, 3.8) is 0 Å². The van der Waals surface area contributed by atoms with Crippen LogP contribution < -0.4 is 10.7 Å². The third-order valence-corrected chi connectivity index (χ3v) is 4.35. The molecule has 0 aromatic heterocycles. The summed E-state index contributed by atoms with van der Waals surface area (Å²) in [6.45, 7) is 0. The quantitative estimate of drug-likeness (QED) is 0.182. The van der Waals surface area contributed by atoms with E-state index >= 15 is 0 Å². The molecule has 3 aromatic carbocycles. The van der Waals surface area contributed by atoms with Crippen molar-refractivity contribution in [3.8, 4) is 0 Å². The molecule has 164 valence electrons. The summed E-state index contributed by atoms with van der Waals surface area (Å²) in [5, 5.41) is 17.0. The molecule has 0 atom stereocenters. The number of hydrogen-bond donors (Lipinski definition) is 2. The summed E-state index contributed by atoms with van der Waals surface area (Å²) in [7, 11) is 0. The zero-order chi connectivity index (χ0) is 23.6. The highest BCUT2D eigenvalue weighted by atomic mass is 16.6. The van der Waals surface area contributed by atoms with E-state index in [1.54, 1.807) is 60.7 Å². The molecule has 3 rings (SSSR count). The van der Waals surface area contributed by atoms with Crippen LogP contribution in [-0.4, -0.2) is 28.7 Å². The van der Waals surface area contributed by atoms with Crippen molar-refractivity contribution in [3.05, 3.63) is 117 Å². The first-order valence-electron chi connectivity index (χ1n) is 9.69. The smallest absolute Gasteiger partial charge is 0.287 e. The van der Waals surface area contributed by atoms with E-state index < -0.39 is 22.5 Å². The zero-order valence-corrected chi connectivity index (χ0v) is 17.2. The molecule has 0 aliphatic carbocycles. The van der Waals surface area contributed by atoms with Gasteiger partial charge in [-0.1, -0.05) is 48.5 Å². The minimum Gasteiger partial charge on any atom is -0.317 e. The molecule has 3 aromatic rings. The Balaban J connectivity index is 1.80. The summed E-state index contributed by atoms with van der Waals surface area (Å²) < 4.78 is 0. The van der Waals surface area contributed by atoms with Crippen LogP contribution in [0.1, 0.15) is 26.3 Å². The van der Waals surface area contributed by atoms with Gasteiger partial charge in [-0.3, -0.25) is 24.5 Å². The topological polar surface area (TPSA) is 131 Å². The van der Waals surface area contributed by atoms with Gasteiger partial charge in [0.05, 0.1) is 11.1 Å². The van der Waals surface area contributed by atoms with Crippen molar-refractivity contribution in [1.82, 2.24) is 10.7 Å². The molecule has 0 bridgehead atoms. The van der Waals surface area contributed by atoms with Crippen molar-refractivity contribution >= 4 is 35.6 Å². The van der Waals surface area contributed by atoms with Gasteiger partial charge >= 0.3 is 0 Å². The number of carbonyl (C=O) groups is 3. The summed E-state index contributed by atoms with van der Waals surface area (Å²) in [6.07, 6.45) is 2.30. The predicted molar refractivity (Wildman–Crippen MR) is 122 cm³/mol. The summed E-state index contributed by atoms with van der Waals surface area (Å²) >= 11 is 0. The maximum atomic E-state index is 12.7. The molecule has 0 radical (unpaired) electrons. The standard InChI is InChI=1S/C24H18N4O5/c29-22(18-7-3-1-4-8-18)16-25-27-24(31)21(26-23(30)19-9-5-2-6-10-19)15-17-11-13-20(14-12-17)28(32)33/h1-16H,(H,26,30)(H,27,31)/b21-15-,25-16-. The van der Waals surface area contributed by atoms with E-state index in [2.05, 4.69) is 15.8 Å². The molecule has 9 nitrogen and oxygen atoms in total. The van der Waals surface area contributed by atoms with Crippen LogP contribution in [0.4, 0.5) is 5.69 Å². The number of carbonyl (C=O) groups excluding carboxylic acids is 3. The lowest BCUT2D eigenvalue weighted by Crippen LogP contribution is -2.33. The number of nitro groups is 1. The average Bonchev–Trinajstić information content (AvgIpc) is 2.84.